The van der Waals surface area contributed by atoms with Gasteiger partial charge in [-0.1, -0.05) is 11.6 Å². The number of quaternary nitrogens is 1. The van der Waals surface area contributed by atoms with E-state index in [9.17, 15) is 0 Å². The zero-order chi connectivity index (χ0) is 18.0. The van der Waals surface area contributed by atoms with Gasteiger partial charge in [0, 0.05) is 23.8 Å². The number of benzene rings is 1. The highest BCUT2D eigenvalue weighted by Crippen LogP contribution is 2.40. The molecule has 0 bridgehead atoms. The number of rotatable bonds is 6. The van der Waals surface area contributed by atoms with Crippen LogP contribution in [-0.4, -0.2) is 34.0 Å². The maximum Gasteiger partial charge on any atom is 0.189 e. The average molecular weight is 375 g/mol. The van der Waals surface area contributed by atoms with E-state index in [4.69, 9.17) is 25.6 Å². The molecule has 4 rings (SSSR count). The summed E-state index contributed by atoms with van der Waals surface area (Å²) in [6, 6.07) is 11.4. The Balaban J connectivity index is 1.48. The van der Waals surface area contributed by atoms with Crippen molar-refractivity contribution >= 4 is 11.6 Å². The van der Waals surface area contributed by atoms with Gasteiger partial charge in [0.25, 0.3) is 0 Å². The van der Waals surface area contributed by atoms with Crippen LogP contribution in [0.15, 0.2) is 65.8 Å². The number of hydrogen-bond acceptors (Lipinski definition) is 4. The number of hydroxylamine groups is 3. The number of nitrogens with zero attached hydrogens (tertiary/aromatic N) is 3. The standard InChI is InChI=1S/C19H21ClN3O3/c1-23(14-22-9-8-21-13-22)18(19-3-2-10-24-19)11-17(26-23)12-25-16-6-4-15(20)5-7-16/h2-10,13,17-18H,11-12,14H2,1H3/q+1. The zero-order valence-electron chi connectivity index (χ0n) is 14.5. The average Bonchev–Trinajstić information content (AvgIpc) is 3.36. The number of aromatic nitrogens is 2. The number of ether oxygens (including phenoxy) is 1. The lowest BCUT2D eigenvalue weighted by Gasteiger charge is -2.31. The van der Waals surface area contributed by atoms with Gasteiger partial charge in [0.1, 0.15) is 19.4 Å². The van der Waals surface area contributed by atoms with Crippen LogP contribution >= 0.6 is 11.6 Å². The van der Waals surface area contributed by atoms with Crippen LogP contribution in [0.5, 0.6) is 5.75 Å². The topological polar surface area (TPSA) is 49.4 Å². The molecule has 3 atom stereocenters. The second-order valence-corrected chi connectivity index (χ2v) is 7.09. The molecule has 1 aliphatic rings. The first-order valence-electron chi connectivity index (χ1n) is 8.53. The van der Waals surface area contributed by atoms with Gasteiger partial charge in [0.05, 0.1) is 12.6 Å². The minimum atomic E-state index is -0.0469. The fraction of sp³-hybridized carbons (Fsp3) is 0.316. The number of hydrogen-bond donors (Lipinski definition) is 0. The van der Waals surface area contributed by atoms with Crippen molar-refractivity contribution in [1.82, 2.24) is 9.55 Å². The van der Waals surface area contributed by atoms with Crippen molar-refractivity contribution in [2.75, 3.05) is 13.7 Å². The molecule has 1 aromatic carbocycles. The molecule has 0 spiro atoms. The third kappa shape index (κ3) is 3.62. The van der Waals surface area contributed by atoms with Crippen LogP contribution in [0.2, 0.25) is 5.02 Å². The molecule has 6 nitrogen and oxygen atoms in total. The normalized spacial score (nSPS) is 25.5. The first kappa shape index (κ1) is 17.1. The van der Waals surface area contributed by atoms with Crippen molar-refractivity contribution in [1.29, 1.82) is 0 Å². The maximum atomic E-state index is 6.38. The van der Waals surface area contributed by atoms with E-state index in [0.717, 1.165) is 17.9 Å². The highest BCUT2D eigenvalue weighted by atomic mass is 35.5. The lowest BCUT2D eigenvalue weighted by molar-refractivity contribution is -1.12. The smallest absolute Gasteiger partial charge is 0.189 e. The summed E-state index contributed by atoms with van der Waals surface area (Å²) in [6.07, 6.45) is 7.97. The fourth-order valence-electron chi connectivity index (χ4n) is 3.44. The Kier molecular flexibility index (Phi) is 4.72. The molecule has 0 N–H and O–H groups in total. The molecule has 0 saturated carbocycles. The van der Waals surface area contributed by atoms with Gasteiger partial charge in [-0.25, -0.2) is 4.98 Å². The third-order valence-electron chi connectivity index (χ3n) is 4.66. The molecule has 136 valence electrons. The van der Waals surface area contributed by atoms with E-state index in [1.165, 1.54) is 0 Å². The van der Waals surface area contributed by atoms with E-state index < -0.39 is 0 Å². The molecular weight excluding hydrogens is 354 g/mol. The number of imidazole rings is 1. The predicted octanol–water partition coefficient (Wildman–Crippen LogP) is 4.06. The maximum absolute atomic E-state index is 6.38. The number of halogens is 1. The second kappa shape index (κ2) is 7.15. The Bertz CT molecular complexity index is 820. The summed E-state index contributed by atoms with van der Waals surface area (Å²) in [5, 5.41) is 0.692. The fourth-order valence-corrected chi connectivity index (χ4v) is 3.57. The molecule has 7 heteroatoms. The van der Waals surface area contributed by atoms with E-state index in [1.807, 2.05) is 47.2 Å². The minimum Gasteiger partial charge on any atom is -0.491 e. The molecule has 1 fully saturated rings. The summed E-state index contributed by atoms with van der Waals surface area (Å²) in [4.78, 5) is 10.5. The summed E-state index contributed by atoms with van der Waals surface area (Å²) >= 11 is 5.92. The van der Waals surface area contributed by atoms with Crippen molar-refractivity contribution in [2.24, 2.45) is 0 Å². The summed E-state index contributed by atoms with van der Waals surface area (Å²) < 4.78 is 14.0. The first-order chi connectivity index (χ1) is 12.6. The third-order valence-corrected chi connectivity index (χ3v) is 4.91. The molecule has 3 aromatic rings. The Morgan fingerprint density at radius 2 is 2.15 bits per heavy atom. The van der Waals surface area contributed by atoms with Gasteiger partial charge in [0.2, 0.25) is 0 Å². The van der Waals surface area contributed by atoms with Crippen LogP contribution in [0, 0.1) is 0 Å². The molecule has 1 aliphatic heterocycles. The lowest BCUT2D eigenvalue weighted by atomic mass is 10.1. The lowest BCUT2D eigenvalue weighted by Crippen LogP contribution is -2.43. The van der Waals surface area contributed by atoms with Crippen LogP contribution in [0.25, 0.3) is 0 Å². The van der Waals surface area contributed by atoms with Crippen LogP contribution in [0.3, 0.4) is 0 Å². The van der Waals surface area contributed by atoms with Gasteiger partial charge in [-0.05, 0) is 36.4 Å². The Labute approximate surface area is 157 Å². The Morgan fingerprint density at radius 3 is 2.85 bits per heavy atom. The second-order valence-electron chi connectivity index (χ2n) is 6.65. The molecule has 1 saturated heterocycles. The molecular formula is C19H21ClN3O3+. The molecule has 2 aromatic heterocycles. The van der Waals surface area contributed by atoms with Gasteiger partial charge in [0.15, 0.2) is 24.6 Å². The van der Waals surface area contributed by atoms with Crippen molar-refractivity contribution in [3.05, 3.63) is 72.2 Å². The highest BCUT2D eigenvalue weighted by molar-refractivity contribution is 6.30. The van der Waals surface area contributed by atoms with E-state index in [1.54, 1.807) is 18.8 Å². The molecule has 0 radical (unpaired) electrons. The molecule has 0 amide bonds. The van der Waals surface area contributed by atoms with E-state index >= 15 is 0 Å². The van der Waals surface area contributed by atoms with Gasteiger partial charge in [-0.15, -0.1) is 0 Å². The van der Waals surface area contributed by atoms with E-state index in [0.29, 0.717) is 22.9 Å². The van der Waals surface area contributed by atoms with Crippen molar-refractivity contribution in [2.45, 2.75) is 25.2 Å². The number of furan rings is 1. The van der Waals surface area contributed by atoms with Gasteiger partial charge >= 0.3 is 0 Å². The zero-order valence-corrected chi connectivity index (χ0v) is 15.2. The molecule has 3 heterocycles. The van der Waals surface area contributed by atoms with Crippen LogP contribution in [-0.2, 0) is 11.5 Å². The predicted molar refractivity (Wildman–Crippen MR) is 96.3 cm³/mol. The largest absolute Gasteiger partial charge is 0.491 e. The van der Waals surface area contributed by atoms with Crippen molar-refractivity contribution in [3.8, 4) is 5.75 Å². The quantitative estimate of drug-likeness (QED) is 0.610. The summed E-state index contributed by atoms with van der Waals surface area (Å²) in [5.41, 5.74) is 0. The van der Waals surface area contributed by atoms with Gasteiger partial charge in [-0.3, -0.25) is 4.57 Å². The van der Waals surface area contributed by atoms with Crippen molar-refractivity contribution in [3.63, 3.8) is 0 Å². The van der Waals surface area contributed by atoms with E-state index in [2.05, 4.69) is 12.0 Å². The Hall–Kier alpha value is -2.28. The summed E-state index contributed by atoms with van der Waals surface area (Å²) in [5.74, 6) is 1.70. The minimum absolute atomic E-state index is 0.0469. The monoisotopic (exact) mass is 374 g/mol. The molecule has 3 unspecified atom stereocenters. The SMILES string of the molecule is C[N+]1(Cn2ccnc2)OC(COc2ccc(Cl)cc2)CC1c1ccco1. The Morgan fingerprint density at radius 1 is 1.31 bits per heavy atom. The molecule has 26 heavy (non-hydrogen) atoms. The van der Waals surface area contributed by atoms with Gasteiger partial charge < -0.3 is 9.15 Å². The van der Waals surface area contributed by atoms with Crippen LogP contribution < -0.4 is 4.74 Å². The summed E-state index contributed by atoms with van der Waals surface area (Å²) in [6.45, 7) is 1.11. The highest BCUT2D eigenvalue weighted by Gasteiger charge is 2.49. The summed E-state index contributed by atoms with van der Waals surface area (Å²) in [7, 11) is 2.06. The van der Waals surface area contributed by atoms with Crippen molar-refractivity contribution < 1.29 is 18.6 Å². The first-order valence-corrected chi connectivity index (χ1v) is 8.91. The van der Waals surface area contributed by atoms with Gasteiger partial charge in [-0.2, -0.15) is 9.48 Å². The van der Waals surface area contributed by atoms with Crippen LogP contribution in [0.1, 0.15) is 18.2 Å². The molecule has 0 aliphatic carbocycles. The van der Waals surface area contributed by atoms with E-state index in [-0.39, 0.29) is 12.1 Å². The van der Waals surface area contributed by atoms with Crippen LogP contribution in [0.4, 0.5) is 0 Å².